The molecule has 0 saturated carbocycles. The number of nitrogens with one attached hydrogen (secondary N) is 2. The van der Waals surface area contributed by atoms with E-state index in [1.807, 2.05) is 36.4 Å². The number of amides is 2. The lowest BCUT2D eigenvalue weighted by atomic mass is 9.98. The minimum atomic E-state index is -1.09. The van der Waals surface area contributed by atoms with E-state index < -0.39 is 12.1 Å². The van der Waals surface area contributed by atoms with Gasteiger partial charge < -0.3 is 20.5 Å². The van der Waals surface area contributed by atoms with Crippen molar-refractivity contribution in [3.8, 4) is 11.1 Å². The first-order valence-corrected chi connectivity index (χ1v) is 11.1. The van der Waals surface area contributed by atoms with E-state index in [0.29, 0.717) is 10.2 Å². The Morgan fingerprint density at radius 3 is 2.21 bits per heavy atom. The summed E-state index contributed by atoms with van der Waals surface area (Å²) in [5, 5.41) is 14.3. The summed E-state index contributed by atoms with van der Waals surface area (Å²) in [6.45, 7) is 0.278. The van der Waals surface area contributed by atoms with Crippen molar-refractivity contribution in [3.63, 3.8) is 0 Å². The van der Waals surface area contributed by atoms with Gasteiger partial charge in [0.1, 0.15) is 6.61 Å². The van der Waals surface area contributed by atoms with E-state index in [9.17, 15) is 14.4 Å². The molecule has 0 bridgehead atoms. The number of benzene rings is 3. The van der Waals surface area contributed by atoms with Gasteiger partial charge in [-0.25, -0.2) is 9.59 Å². The Hall–Kier alpha value is -3.65. The number of hydrogen-bond donors (Lipinski definition) is 3. The van der Waals surface area contributed by atoms with E-state index in [0.717, 1.165) is 22.3 Å². The lowest BCUT2D eigenvalue weighted by Gasteiger charge is -2.14. The maximum Gasteiger partial charge on any atom is 0.407 e. The van der Waals surface area contributed by atoms with Crippen molar-refractivity contribution in [1.29, 1.82) is 0 Å². The Labute approximate surface area is 198 Å². The smallest absolute Gasteiger partial charge is 0.407 e. The van der Waals surface area contributed by atoms with Gasteiger partial charge in [-0.1, -0.05) is 48.5 Å². The molecule has 0 fully saturated rings. The molecule has 3 aromatic rings. The molecule has 0 saturated heterocycles. The quantitative estimate of drug-likeness (QED) is 0.415. The fourth-order valence-corrected chi connectivity index (χ4v) is 4.24. The molecule has 0 spiro atoms. The van der Waals surface area contributed by atoms with Crippen molar-refractivity contribution in [2.24, 2.45) is 0 Å². The van der Waals surface area contributed by atoms with Gasteiger partial charge >= 0.3 is 12.1 Å². The average Bonchev–Trinajstić information content (AvgIpc) is 3.13. The van der Waals surface area contributed by atoms with Crippen LogP contribution < -0.4 is 10.6 Å². The van der Waals surface area contributed by atoms with E-state index in [4.69, 9.17) is 9.84 Å². The number of fused-ring (bicyclic) bond motifs is 3. The summed E-state index contributed by atoms with van der Waals surface area (Å²) < 4.78 is 6.01. The highest BCUT2D eigenvalue weighted by Gasteiger charge is 2.28. The molecule has 0 aliphatic heterocycles. The molecule has 0 unspecified atom stereocenters. The van der Waals surface area contributed by atoms with Crippen LogP contribution in [-0.4, -0.2) is 36.2 Å². The molecule has 3 N–H and O–H groups in total. The molecule has 1 aliphatic rings. The monoisotopic (exact) mass is 508 g/mol. The third-order valence-electron chi connectivity index (χ3n) is 5.45. The molecule has 168 valence electrons. The largest absolute Gasteiger partial charge is 0.478 e. The normalized spacial score (nSPS) is 11.9. The maximum absolute atomic E-state index is 12.2. The number of carbonyl (C=O) groups excluding carboxylic acids is 2. The zero-order valence-corrected chi connectivity index (χ0v) is 19.1. The van der Waals surface area contributed by atoms with Gasteiger partial charge in [-0.3, -0.25) is 4.79 Å². The number of alkyl carbamates (subject to hydrolysis) is 1. The number of hydrogen-bond acceptors (Lipinski definition) is 4. The Bertz CT molecular complexity index is 1180. The van der Waals surface area contributed by atoms with Gasteiger partial charge in [-0.05, 0) is 56.4 Å². The first-order chi connectivity index (χ1) is 15.9. The van der Waals surface area contributed by atoms with Gasteiger partial charge in [0.2, 0.25) is 5.91 Å². The van der Waals surface area contributed by atoms with E-state index in [1.54, 1.807) is 6.07 Å². The number of halogens is 1. The number of aromatic carboxylic acids is 1. The predicted molar refractivity (Wildman–Crippen MR) is 127 cm³/mol. The number of ether oxygens (including phenoxy) is 1. The van der Waals surface area contributed by atoms with Crippen LogP contribution in [0, 0.1) is 0 Å². The fourth-order valence-electron chi connectivity index (χ4n) is 3.89. The third kappa shape index (κ3) is 5.06. The molecule has 33 heavy (non-hydrogen) atoms. The second kappa shape index (κ2) is 9.87. The van der Waals surface area contributed by atoms with Crippen LogP contribution in [-0.2, 0) is 9.53 Å². The summed E-state index contributed by atoms with van der Waals surface area (Å²) in [4.78, 5) is 35.5. The summed E-state index contributed by atoms with van der Waals surface area (Å²) in [5.74, 6) is -1.49. The zero-order valence-electron chi connectivity index (χ0n) is 17.5. The van der Waals surface area contributed by atoms with Crippen molar-refractivity contribution < 1.29 is 24.2 Å². The summed E-state index contributed by atoms with van der Waals surface area (Å²) in [7, 11) is 0. The van der Waals surface area contributed by atoms with Crippen molar-refractivity contribution >= 4 is 39.6 Å². The van der Waals surface area contributed by atoms with Gasteiger partial charge in [-0.2, -0.15) is 0 Å². The molecule has 0 atom stereocenters. The first-order valence-electron chi connectivity index (χ1n) is 10.4. The van der Waals surface area contributed by atoms with Crippen LogP contribution in [0.25, 0.3) is 11.1 Å². The predicted octanol–water partition coefficient (Wildman–Crippen LogP) is 5.01. The molecule has 8 heteroatoms. The van der Waals surface area contributed by atoms with Crippen LogP contribution in [0.4, 0.5) is 10.5 Å². The number of carboxylic acid groups (broad SMARTS) is 1. The molecular weight excluding hydrogens is 488 g/mol. The van der Waals surface area contributed by atoms with Gasteiger partial charge in [0, 0.05) is 23.4 Å². The minimum Gasteiger partial charge on any atom is -0.478 e. The molecule has 2 amide bonds. The molecule has 0 radical (unpaired) electrons. The zero-order chi connectivity index (χ0) is 23.4. The van der Waals surface area contributed by atoms with Crippen molar-refractivity contribution in [3.05, 3.63) is 87.9 Å². The second-order valence-corrected chi connectivity index (χ2v) is 8.40. The van der Waals surface area contributed by atoms with Crippen LogP contribution in [0.15, 0.2) is 71.2 Å². The number of anilines is 1. The molecular formula is C25H21BrN2O5. The Balaban J connectivity index is 1.27. The summed E-state index contributed by atoms with van der Waals surface area (Å²) in [6.07, 6.45) is -0.591. The molecule has 4 rings (SSSR count). The molecule has 3 aromatic carbocycles. The summed E-state index contributed by atoms with van der Waals surface area (Å²) >= 11 is 3.28. The Morgan fingerprint density at radius 1 is 0.939 bits per heavy atom. The number of carbonyl (C=O) groups is 3. The minimum absolute atomic E-state index is 0.00787. The lowest BCUT2D eigenvalue weighted by molar-refractivity contribution is -0.116. The van der Waals surface area contributed by atoms with Gasteiger partial charge in [-0.15, -0.1) is 0 Å². The van der Waals surface area contributed by atoms with Crippen LogP contribution >= 0.6 is 15.9 Å². The second-order valence-electron chi connectivity index (χ2n) is 7.55. The highest BCUT2D eigenvalue weighted by molar-refractivity contribution is 9.10. The Morgan fingerprint density at radius 2 is 1.58 bits per heavy atom. The maximum atomic E-state index is 12.2. The van der Waals surface area contributed by atoms with Crippen LogP contribution in [0.3, 0.4) is 0 Å². The van der Waals surface area contributed by atoms with E-state index in [1.165, 1.54) is 12.1 Å². The van der Waals surface area contributed by atoms with Crippen molar-refractivity contribution in [1.82, 2.24) is 5.32 Å². The summed E-state index contributed by atoms with van der Waals surface area (Å²) in [6, 6.07) is 20.5. The summed E-state index contributed by atoms with van der Waals surface area (Å²) in [5.41, 5.74) is 4.96. The van der Waals surface area contributed by atoms with E-state index >= 15 is 0 Å². The SMILES string of the molecule is O=C(CCNC(=O)OCC1c2ccccc2-c2ccccc21)Nc1cc(C(=O)O)ccc1Br. The average molecular weight is 509 g/mol. The first kappa shape index (κ1) is 22.5. The highest BCUT2D eigenvalue weighted by atomic mass is 79.9. The third-order valence-corrected chi connectivity index (χ3v) is 6.14. The number of rotatable bonds is 7. The van der Waals surface area contributed by atoms with E-state index in [2.05, 4.69) is 38.7 Å². The molecule has 0 aromatic heterocycles. The van der Waals surface area contributed by atoms with Crippen LogP contribution in [0.5, 0.6) is 0 Å². The fraction of sp³-hybridized carbons (Fsp3) is 0.160. The van der Waals surface area contributed by atoms with Crippen molar-refractivity contribution in [2.75, 3.05) is 18.5 Å². The molecule has 7 nitrogen and oxygen atoms in total. The van der Waals surface area contributed by atoms with Crippen molar-refractivity contribution in [2.45, 2.75) is 12.3 Å². The lowest BCUT2D eigenvalue weighted by Crippen LogP contribution is -2.29. The van der Waals surface area contributed by atoms with E-state index in [-0.39, 0.29) is 37.0 Å². The van der Waals surface area contributed by atoms with Gasteiger partial charge in [0.05, 0.1) is 11.3 Å². The van der Waals surface area contributed by atoms with Gasteiger partial charge in [0.25, 0.3) is 0 Å². The number of carboxylic acids is 1. The highest BCUT2D eigenvalue weighted by Crippen LogP contribution is 2.44. The Kier molecular flexibility index (Phi) is 6.74. The molecule has 1 aliphatic carbocycles. The topological polar surface area (TPSA) is 105 Å². The standard InChI is InChI=1S/C25H21BrN2O5/c26-21-10-9-15(24(30)31)13-22(21)28-23(29)11-12-27-25(32)33-14-20-18-7-3-1-5-16(18)17-6-2-4-8-19(17)20/h1-10,13,20H,11-12,14H2,(H,27,32)(H,28,29)(H,30,31). The van der Waals surface area contributed by atoms with Gasteiger partial charge in [0.15, 0.2) is 0 Å². The molecule has 0 heterocycles. The van der Waals surface area contributed by atoms with Crippen LogP contribution in [0.1, 0.15) is 33.8 Å². The van der Waals surface area contributed by atoms with Crippen LogP contribution in [0.2, 0.25) is 0 Å².